The maximum atomic E-state index is 13.6. The molecular weight excluding hydrogens is 371 g/mol. The summed E-state index contributed by atoms with van der Waals surface area (Å²) in [5, 5.41) is 5.58. The first-order valence-corrected chi connectivity index (χ1v) is 9.04. The van der Waals surface area contributed by atoms with E-state index < -0.39 is 11.7 Å². The predicted octanol–water partition coefficient (Wildman–Crippen LogP) is 3.77. The molecule has 0 radical (unpaired) electrons. The summed E-state index contributed by atoms with van der Waals surface area (Å²) in [7, 11) is 0. The van der Waals surface area contributed by atoms with E-state index in [0.717, 1.165) is 11.4 Å². The van der Waals surface area contributed by atoms with E-state index in [1.807, 2.05) is 48.5 Å². The number of nitrogens with one attached hydrogen (secondary N) is 2. The van der Waals surface area contributed by atoms with Crippen LogP contribution in [0.5, 0.6) is 11.5 Å². The summed E-state index contributed by atoms with van der Waals surface area (Å²) in [6, 6.07) is 22.6. The highest BCUT2D eigenvalue weighted by molar-refractivity contribution is 5.94. The molecule has 0 bridgehead atoms. The molecule has 6 nitrogen and oxygen atoms in total. The van der Waals surface area contributed by atoms with Gasteiger partial charge in [-0.1, -0.05) is 36.4 Å². The lowest BCUT2D eigenvalue weighted by Gasteiger charge is -2.09. The quantitative estimate of drug-likeness (QED) is 0.324. The third-order valence-corrected chi connectivity index (χ3v) is 3.88. The summed E-state index contributed by atoms with van der Waals surface area (Å²) in [6.07, 6.45) is 0. The van der Waals surface area contributed by atoms with Gasteiger partial charge in [0, 0.05) is 18.3 Å². The Bertz CT molecular complexity index is 993. The number of rotatable bonds is 7. The minimum atomic E-state index is -0.563. The van der Waals surface area contributed by atoms with E-state index in [1.165, 1.54) is 18.2 Å². The molecule has 0 fully saturated rings. The Balaban J connectivity index is 1.49. The molecule has 0 saturated carbocycles. The fourth-order valence-corrected chi connectivity index (χ4v) is 2.54. The standard InChI is InChI=1S/C22H21FN4O2/c23-20-12-5-4-11-19(20)21(28)25-13-14-26-22(24)27-16-7-6-10-18(15-16)29-17-8-2-1-3-9-17/h1-12,15H,13-14H2,(H,25,28)(H3,24,26,27). The first kappa shape index (κ1) is 19.9. The van der Waals surface area contributed by atoms with E-state index in [9.17, 15) is 9.18 Å². The SMILES string of the molecule is NC(=NCCNC(=O)c1ccccc1F)Nc1cccc(Oc2ccccc2)c1. The van der Waals surface area contributed by atoms with Crippen LogP contribution in [0.2, 0.25) is 0 Å². The molecule has 0 spiro atoms. The largest absolute Gasteiger partial charge is 0.457 e. The van der Waals surface area contributed by atoms with Crippen molar-refractivity contribution in [3.8, 4) is 11.5 Å². The van der Waals surface area contributed by atoms with Gasteiger partial charge in [-0.3, -0.25) is 9.79 Å². The van der Waals surface area contributed by atoms with Crippen LogP contribution in [0.4, 0.5) is 10.1 Å². The lowest BCUT2D eigenvalue weighted by molar-refractivity contribution is 0.0951. The second kappa shape index (κ2) is 9.89. The topological polar surface area (TPSA) is 88.7 Å². The number of halogens is 1. The monoisotopic (exact) mass is 392 g/mol. The van der Waals surface area contributed by atoms with Crippen molar-refractivity contribution in [3.63, 3.8) is 0 Å². The highest BCUT2D eigenvalue weighted by Gasteiger charge is 2.09. The normalized spacial score (nSPS) is 11.0. The van der Waals surface area contributed by atoms with Crippen molar-refractivity contribution in [2.45, 2.75) is 0 Å². The molecule has 1 amide bonds. The molecule has 29 heavy (non-hydrogen) atoms. The number of ether oxygens (including phenoxy) is 1. The molecule has 148 valence electrons. The van der Waals surface area contributed by atoms with Crippen molar-refractivity contribution >= 4 is 17.6 Å². The Morgan fingerprint density at radius 3 is 2.48 bits per heavy atom. The highest BCUT2D eigenvalue weighted by atomic mass is 19.1. The lowest BCUT2D eigenvalue weighted by atomic mass is 10.2. The van der Waals surface area contributed by atoms with Crippen molar-refractivity contribution in [2.75, 3.05) is 18.4 Å². The van der Waals surface area contributed by atoms with Gasteiger partial charge in [0.15, 0.2) is 5.96 Å². The molecular formula is C22H21FN4O2. The highest BCUT2D eigenvalue weighted by Crippen LogP contribution is 2.23. The molecule has 4 N–H and O–H groups in total. The van der Waals surface area contributed by atoms with Gasteiger partial charge in [-0.15, -0.1) is 0 Å². The third kappa shape index (κ3) is 6.07. The summed E-state index contributed by atoms with van der Waals surface area (Å²) >= 11 is 0. The number of carbonyl (C=O) groups excluding carboxylic acids is 1. The van der Waals surface area contributed by atoms with Gasteiger partial charge in [-0.05, 0) is 36.4 Å². The number of hydrogen-bond acceptors (Lipinski definition) is 3. The molecule has 0 aliphatic rings. The Labute approximate surface area is 168 Å². The van der Waals surface area contributed by atoms with E-state index in [4.69, 9.17) is 10.5 Å². The first-order valence-electron chi connectivity index (χ1n) is 9.04. The number of hydrogen-bond donors (Lipinski definition) is 3. The number of aliphatic imine (C=N–C) groups is 1. The zero-order chi connectivity index (χ0) is 20.5. The number of anilines is 1. The minimum absolute atomic E-state index is 0.00203. The Morgan fingerprint density at radius 1 is 0.966 bits per heavy atom. The van der Waals surface area contributed by atoms with Crippen molar-refractivity contribution in [3.05, 3.63) is 90.2 Å². The van der Waals surface area contributed by atoms with E-state index in [0.29, 0.717) is 5.75 Å². The molecule has 3 aromatic rings. The van der Waals surface area contributed by atoms with Gasteiger partial charge >= 0.3 is 0 Å². The summed E-state index contributed by atoms with van der Waals surface area (Å²) in [6.45, 7) is 0.478. The fraction of sp³-hybridized carbons (Fsp3) is 0.0909. The van der Waals surface area contributed by atoms with Crippen LogP contribution in [-0.4, -0.2) is 25.0 Å². The molecule has 0 aliphatic carbocycles. The molecule has 3 aromatic carbocycles. The molecule has 0 aliphatic heterocycles. The van der Waals surface area contributed by atoms with Crippen LogP contribution < -0.4 is 21.1 Å². The molecule has 7 heteroatoms. The number of benzene rings is 3. The van der Waals surface area contributed by atoms with E-state index >= 15 is 0 Å². The van der Waals surface area contributed by atoms with Crippen LogP contribution in [0.25, 0.3) is 0 Å². The van der Waals surface area contributed by atoms with Crippen LogP contribution in [0.15, 0.2) is 83.9 Å². The van der Waals surface area contributed by atoms with Crippen LogP contribution >= 0.6 is 0 Å². The van der Waals surface area contributed by atoms with Gasteiger partial charge in [0.25, 0.3) is 5.91 Å². The van der Waals surface area contributed by atoms with E-state index in [-0.39, 0.29) is 24.6 Å². The van der Waals surface area contributed by atoms with Gasteiger partial charge in [0.05, 0.1) is 12.1 Å². The summed E-state index contributed by atoms with van der Waals surface area (Å²) in [5.74, 6) is 0.535. The Morgan fingerprint density at radius 2 is 1.69 bits per heavy atom. The van der Waals surface area contributed by atoms with Gasteiger partial charge < -0.3 is 21.1 Å². The second-order valence-corrected chi connectivity index (χ2v) is 6.07. The zero-order valence-electron chi connectivity index (χ0n) is 15.6. The number of amides is 1. The molecule has 0 unspecified atom stereocenters. The summed E-state index contributed by atoms with van der Waals surface area (Å²) in [4.78, 5) is 16.1. The van der Waals surface area contributed by atoms with Crippen molar-refractivity contribution < 1.29 is 13.9 Å². The Hall–Kier alpha value is -3.87. The number of carbonyl (C=O) groups is 1. The zero-order valence-corrected chi connectivity index (χ0v) is 15.6. The van der Waals surface area contributed by atoms with Crippen molar-refractivity contribution in [1.82, 2.24) is 5.32 Å². The molecule has 0 aromatic heterocycles. The number of para-hydroxylation sites is 1. The van der Waals surface area contributed by atoms with Crippen LogP contribution in [-0.2, 0) is 0 Å². The van der Waals surface area contributed by atoms with Crippen molar-refractivity contribution in [1.29, 1.82) is 0 Å². The average molecular weight is 392 g/mol. The van der Waals surface area contributed by atoms with Gasteiger partial charge in [0.1, 0.15) is 17.3 Å². The van der Waals surface area contributed by atoms with E-state index in [2.05, 4.69) is 15.6 Å². The predicted molar refractivity (Wildman–Crippen MR) is 112 cm³/mol. The number of nitrogens with two attached hydrogens (primary N) is 1. The van der Waals surface area contributed by atoms with Crippen LogP contribution in [0, 0.1) is 5.82 Å². The number of guanidine groups is 1. The van der Waals surface area contributed by atoms with Gasteiger partial charge in [-0.25, -0.2) is 4.39 Å². The summed E-state index contributed by atoms with van der Waals surface area (Å²) < 4.78 is 19.3. The smallest absolute Gasteiger partial charge is 0.254 e. The van der Waals surface area contributed by atoms with Gasteiger partial charge in [0.2, 0.25) is 0 Å². The molecule has 0 heterocycles. The first-order chi connectivity index (χ1) is 14.1. The van der Waals surface area contributed by atoms with E-state index in [1.54, 1.807) is 12.1 Å². The van der Waals surface area contributed by atoms with Crippen LogP contribution in [0.3, 0.4) is 0 Å². The maximum absolute atomic E-state index is 13.6. The second-order valence-electron chi connectivity index (χ2n) is 6.07. The number of nitrogens with zero attached hydrogens (tertiary/aromatic N) is 1. The molecule has 0 atom stereocenters. The maximum Gasteiger partial charge on any atom is 0.254 e. The van der Waals surface area contributed by atoms with Gasteiger partial charge in [-0.2, -0.15) is 0 Å². The lowest BCUT2D eigenvalue weighted by Crippen LogP contribution is -2.29. The average Bonchev–Trinajstić information content (AvgIpc) is 2.72. The molecule has 0 saturated heterocycles. The summed E-state index contributed by atoms with van der Waals surface area (Å²) in [5.41, 5.74) is 6.60. The van der Waals surface area contributed by atoms with Crippen LogP contribution in [0.1, 0.15) is 10.4 Å². The Kier molecular flexibility index (Phi) is 6.78. The minimum Gasteiger partial charge on any atom is -0.457 e. The third-order valence-electron chi connectivity index (χ3n) is 3.88. The fourth-order valence-electron chi connectivity index (χ4n) is 2.54. The van der Waals surface area contributed by atoms with Crippen molar-refractivity contribution in [2.24, 2.45) is 10.7 Å². The molecule has 3 rings (SSSR count).